The third-order valence-corrected chi connectivity index (χ3v) is 4.28. The van der Waals surface area contributed by atoms with E-state index >= 15 is 0 Å². The van der Waals surface area contributed by atoms with Crippen LogP contribution in [-0.2, 0) is 0 Å². The number of nitrogens with zero attached hydrogens (tertiary/aromatic N) is 1. The van der Waals surface area contributed by atoms with Crippen LogP contribution in [0.25, 0.3) is 0 Å². The molecule has 1 fully saturated rings. The summed E-state index contributed by atoms with van der Waals surface area (Å²) in [5.41, 5.74) is -2.03. The predicted octanol–water partition coefficient (Wildman–Crippen LogP) is -2.00. The number of aliphatic hydroxyl groups excluding tert-OH is 3. The number of aromatic nitrogens is 2. The fourth-order valence-corrected chi connectivity index (χ4v) is 3.14. The lowest BCUT2D eigenvalue weighted by Gasteiger charge is -2.17. The van der Waals surface area contributed by atoms with Crippen molar-refractivity contribution in [1.29, 1.82) is 0 Å². The smallest absolute Gasteiger partial charge is 0.329 e. The van der Waals surface area contributed by atoms with Gasteiger partial charge in [-0.3, -0.25) is 14.3 Å². The zero-order chi connectivity index (χ0) is 13.4. The minimum Gasteiger partial charge on any atom is -0.395 e. The van der Waals surface area contributed by atoms with Crippen molar-refractivity contribution >= 4 is 11.8 Å². The number of nitrogens with one attached hydrogen (secondary N) is 1. The number of hydrogen-bond donors (Lipinski definition) is 4. The lowest BCUT2D eigenvalue weighted by Crippen LogP contribution is -2.38. The van der Waals surface area contributed by atoms with Crippen molar-refractivity contribution in [3.63, 3.8) is 0 Å². The summed E-state index contributed by atoms with van der Waals surface area (Å²) in [6.07, 6.45) is -1.89. The van der Waals surface area contributed by atoms with Crippen LogP contribution in [0, 0.1) is 5.82 Å². The summed E-state index contributed by atoms with van der Waals surface area (Å²) in [7, 11) is 0. The number of hydrogen-bond acceptors (Lipinski definition) is 6. The van der Waals surface area contributed by atoms with Crippen LogP contribution in [-0.4, -0.2) is 48.9 Å². The van der Waals surface area contributed by atoms with E-state index in [-0.39, 0.29) is 6.61 Å². The van der Waals surface area contributed by atoms with Crippen LogP contribution in [0.15, 0.2) is 15.8 Å². The first-order chi connectivity index (χ1) is 8.45. The second-order valence-electron chi connectivity index (χ2n) is 3.87. The normalized spacial score (nSPS) is 31.8. The van der Waals surface area contributed by atoms with Gasteiger partial charge in [0.25, 0.3) is 5.56 Å². The molecule has 4 N–H and O–H groups in total. The van der Waals surface area contributed by atoms with Crippen molar-refractivity contribution in [2.75, 3.05) is 6.61 Å². The fraction of sp³-hybridized carbons (Fsp3) is 0.556. The number of aliphatic hydroxyl groups is 3. The Morgan fingerprint density at radius 1 is 1.39 bits per heavy atom. The van der Waals surface area contributed by atoms with Gasteiger partial charge in [-0.2, -0.15) is 4.39 Å². The lowest BCUT2D eigenvalue weighted by molar-refractivity contribution is 0.00997. The Bertz CT molecular complexity index is 559. The second kappa shape index (κ2) is 4.84. The SMILES string of the molecule is O=c1[nH]c(=O)n([C@@H]2S[C@@H](CO)[C@@H](O)[C@H]2O)cc1F. The van der Waals surface area contributed by atoms with Gasteiger partial charge >= 0.3 is 5.69 Å². The van der Waals surface area contributed by atoms with Gasteiger partial charge in [0, 0.05) is 0 Å². The van der Waals surface area contributed by atoms with Crippen molar-refractivity contribution in [3.8, 4) is 0 Å². The molecule has 0 amide bonds. The number of halogens is 1. The van der Waals surface area contributed by atoms with Crippen LogP contribution >= 0.6 is 11.8 Å². The van der Waals surface area contributed by atoms with Crippen LogP contribution < -0.4 is 11.2 Å². The molecule has 4 atom stereocenters. The average molecular weight is 278 g/mol. The molecule has 0 saturated carbocycles. The van der Waals surface area contributed by atoms with E-state index in [1.165, 1.54) is 0 Å². The topological polar surface area (TPSA) is 116 Å². The van der Waals surface area contributed by atoms with E-state index in [2.05, 4.69) is 0 Å². The first-order valence-electron chi connectivity index (χ1n) is 5.09. The Balaban J connectivity index is 2.42. The van der Waals surface area contributed by atoms with Crippen molar-refractivity contribution in [1.82, 2.24) is 9.55 Å². The third kappa shape index (κ3) is 2.09. The quantitative estimate of drug-likeness (QED) is 0.497. The second-order valence-corrected chi connectivity index (χ2v) is 5.23. The van der Waals surface area contributed by atoms with E-state index in [4.69, 9.17) is 5.11 Å². The maximum atomic E-state index is 13.1. The number of aromatic amines is 1. The van der Waals surface area contributed by atoms with Gasteiger partial charge in [-0.1, -0.05) is 0 Å². The van der Waals surface area contributed by atoms with Gasteiger partial charge in [0.15, 0.2) is 0 Å². The van der Waals surface area contributed by atoms with Crippen molar-refractivity contribution < 1.29 is 19.7 Å². The molecule has 0 radical (unpaired) electrons. The van der Waals surface area contributed by atoms with Crippen LogP contribution in [0.1, 0.15) is 5.37 Å². The van der Waals surface area contributed by atoms with Crippen LogP contribution in [0.3, 0.4) is 0 Å². The van der Waals surface area contributed by atoms with Gasteiger partial charge in [0.2, 0.25) is 5.82 Å². The highest BCUT2D eigenvalue weighted by Crippen LogP contribution is 2.40. The molecule has 1 saturated heterocycles. The van der Waals surface area contributed by atoms with Gasteiger partial charge in [-0.25, -0.2) is 4.79 Å². The maximum Gasteiger partial charge on any atom is 0.329 e. The summed E-state index contributed by atoms with van der Waals surface area (Å²) in [5.74, 6) is -1.16. The molecule has 2 heterocycles. The minimum absolute atomic E-state index is 0.389. The molecule has 9 heteroatoms. The lowest BCUT2D eigenvalue weighted by atomic mass is 10.1. The molecule has 0 bridgehead atoms. The monoisotopic (exact) mass is 278 g/mol. The summed E-state index contributed by atoms with van der Waals surface area (Å²) >= 11 is 0.933. The van der Waals surface area contributed by atoms with Crippen molar-refractivity contribution in [3.05, 3.63) is 32.9 Å². The summed E-state index contributed by atoms with van der Waals surface area (Å²) in [6, 6.07) is 0. The van der Waals surface area contributed by atoms with Crippen LogP contribution in [0.4, 0.5) is 4.39 Å². The van der Waals surface area contributed by atoms with Crippen LogP contribution in [0.2, 0.25) is 0 Å². The Labute approximate surface area is 104 Å². The minimum atomic E-state index is -1.34. The van der Waals surface area contributed by atoms with E-state index in [9.17, 15) is 24.2 Å². The van der Waals surface area contributed by atoms with E-state index < -0.39 is 39.9 Å². The van der Waals surface area contributed by atoms with Gasteiger partial charge in [0.05, 0.1) is 24.2 Å². The Morgan fingerprint density at radius 2 is 2.06 bits per heavy atom. The van der Waals surface area contributed by atoms with Crippen molar-refractivity contribution in [2.24, 2.45) is 0 Å². The highest BCUT2D eigenvalue weighted by Gasteiger charge is 2.43. The van der Waals surface area contributed by atoms with E-state index in [1.807, 2.05) is 0 Å². The molecular weight excluding hydrogens is 267 g/mol. The fourth-order valence-electron chi connectivity index (χ4n) is 1.76. The largest absolute Gasteiger partial charge is 0.395 e. The van der Waals surface area contributed by atoms with Gasteiger partial charge in [-0.15, -0.1) is 11.8 Å². The third-order valence-electron chi connectivity index (χ3n) is 2.72. The van der Waals surface area contributed by atoms with Crippen LogP contribution in [0.5, 0.6) is 0 Å². The summed E-state index contributed by atoms with van der Waals surface area (Å²) in [5, 5.41) is 26.7. The van der Waals surface area contributed by atoms with Gasteiger partial charge in [0.1, 0.15) is 11.5 Å². The Morgan fingerprint density at radius 3 is 2.61 bits per heavy atom. The Hall–Kier alpha value is -1.16. The zero-order valence-electron chi connectivity index (χ0n) is 8.99. The molecule has 0 aromatic carbocycles. The first kappa shape index (κ1) is 13.3. The molecule has 1 aromatic heterocycles. The molecule has 18 heavy (non-hydrogen) atoms. The first-order valence-corrected chi connectivity index (χ1v) is 6.03. The summed E-state index contributed by atoms with van der Waals surface area (Å²) in [4.78, 5) is 24.1. The molecule has 1 aliphatic rings. The molecule has 2 rings (SSSR count). The molecule has 0 spiro atoms. The summed E-state index contributed by atoms with van der Waals surface area (Å²) in [6.45, 7) is -0.389. The predicted molar refractivity (Wildman–Crippen MR) is 60.8 cm³/mol. The molecule has 1 aromatic rings. The average Bonchev–Trinajstić information content (AvgIpc) is 2.61. The number of rotatable bonds is 2. The molecule has 7 nitrogen and oxygen atoms in total. The summed E-state index contributed by atoms with van der Waals surface area (Å²) < 4.78 is 13.9. The van der Waals surface area contributed by atoms with Gasteiger partial charge < -0.3 is 15.3 Å². The number of thioether (sulfide) groups is 1. The molecule has 1 aliphatic heterocycles. The standard InChI is InChI=1S/C9H11FN2O5S/c10-3-1-12(9(17)11-7(3)16)8-6(15)5(14)4(2-13)18-8/h1,4-6,8,13-15H,2H2,(H,11,16,17)/t4-,5+,6+,8+/m0/s1. The van der Waals surface area contributed by atoms with Gasteiger partial charge in [-0.05, 0) is 0 Å². The Kier molecular flexibility index (Phi) is 3.57. The number of H-pyrrole nitrogens is 1. The van der Waals surface area contributed by atoms with E-state index in [1.54, 1.807) is 4.98 Å². The van der Waals surface area contributed by atoms with Crippen molar-refractivity contribution in [2.45, 2.75) is 22.8 Å². The highest BCUT2D eigenvalue weighted by molar-refractivity contribution is 8.00. The highest BCUT2D eigenvalue weighted by atomic mass is 32.2. The maximum absolute atomic E-state index is 13.1. The van der Waals surface area contributed by atoms with E-state index in [0.29, 0.717) is 6.20 Å². The molecule has 0 unspecified atom stereocenters. The molecular formula is C9H11FN2O5S. The zero-order valence-corrected chi connectivity index (χ0v) is 9.80. The molecule has 100 valence electrons. The molecule has 0 aliphatic carbocycles. The van der Waals surface area contributed by atoms with E-state index in [0.717, 1.165) is 16.3 Å².